The van der Waals surface area contributed by atoms with Crippen molar-refractivity contribution in [2.24, 2.45) is 0 Å². The zero-order chi connectivity index (χ0) is 35.8. The van der Waals surface area contributed by atoms with Crippen molar-refractivity contribution < 1.29 is 49.7 Å². The van der Waals surface area contributed by atoms with Gasteiger partial charge in [-0.15, -0.1) is 11.8 Å². The van der Waals surface area contributed by atoms with Gasteiger partial charge in [0.2, 0.25) is 9.84 Å². The van der Waals surface area contributed by atoms with Crippen molar-refractivity contribution in [2.75, 3.05) is 19.5 Å². The Morgan fingerprint density at radius 2 is 1.54 bits per heavy atom. The minimum Gasteiger partial charge on any atom is -0.457 e. The van der Waals surface area contributed by atoms with Gasteiger partial charge in [0.25, 0.3) is 0 Å². The topological polar surface area (TPSA) is 112 Å². The van der Waals surface area contributed by atoms with Gasteiger partial charge in [-0.2, -0.15) is 14.0 Å². The SMILES string of the molecule is CSc1ccc(Oc2cc(F)cc(C#N)c2)c2c1C(=O)CC2.O=S(=O)(c1ccc(Oc2cc(F)cc(Cl)c2)c2c1C1(CC2)OCCO1)C(F)F. The Labute approximate surface area is 293 Å². The fraction of sp³-hybridized carbons (Fsp3) is 0.257. The van der Waals surface area contributed by atoms with Gasteiger partial charge in [0.1, 0.15) is 34.6 Å². The highest BCUT2D eigenvalue weighted by Crippen LogP contribution is 2.50. The summed E-state index contributed by atoms with van der Waals surface area (Å²) in [5.74, 6) is -4.94. The van der Waals surface area contributed by atoms with Gasteiger partial charge in [-0.1, -0.05) is 11.6 Å². The number of benzene rings is 4. The lowest BCUT2D eigenvalue weighted by molar-refractivity contribution is -0.164. The molecule has 0 radical (unpaired) electrons. The number of sulfone groups is 1. The first-order valence-electron chi connectivity index (χ1n) is 15.1. The van der Waals surface area contributed by atoms with Crippen molar-refractivity contribution in [3.05, 3.63) is 105 Å². The van der Waals surface area contributed by atoms with Crippen LogP contribution in [0.4, 0.5) is 17.6 Å². The number of Topliss-reactive ketones (excluding diaryl/α,β-unsaturated/α-hetero) is 1. The van der Waals surface area contributed by atoms with Gasteiger partial charge in [-0.05, 0) is 67.6 Å². The van der Waals surface area contributed by atoms with Crippen LogP contribution < -0.4 is 9.47 Å². The van der Waals surface area contributed by atoms with Crippen molar-refractivity contribution in [3.8, 4) is 29.1 Å². The van der Waals surface area contributed by atoms with E-state index in [0.29, 0.717) is 29.7 Å². The number of thioether (sulfide) groups is 1. The quantitative estimate of drug-likeness (QED) is 0.135. The summed E-state index contributed by atoms with van der Waals surface area (Å²) in [4.78, 5) is 12.4. The lowest BCUT2D eigenvalue weighted by Gasteiger charge is -2.25. The minimum absolute atomic E-state index is 0.0188. The molecule has 0 bridgehead atoms. The first-order chi connectivity index (χ1) is 23.8. The maximum atomic E-state index is 13.6. The summed E-state index contributed by atoms with van der Waals surface area (Å²) in [5, 5.41) is 9.00. The number of fused-ring (bicyclic) bond motifs is 3. The van der Waals surface area contributed by atoms with Gasteiger partial charge in [0.15, 0.2) is 11.6 Å². The monoisotopic (exact) mass is 747 g/mol. The van der Waals surface area contributed by atoms with Crippen LogP contribution in [-0.4, -0.2) is 39.4 Å². The lowest BCUT2D eigenvalue weighted by Crippen LogP contribution is -2.27. The average molecular weight is 748 g/mol. The molecule has 50 heavy (non-hydrogen) atoms. The van der Waals surface area contributed by atoms with Crippen LogP contribution in [0.3, 0.4) is 0 Å². The summed E-state index contributed by atoms with van der Waals surface area (Å²) in [6.07, 6.45) is 3.54. The summed E-state index contributed by atoms with van der Waals surface area (Å²) >= 11 is 7.35. The number of nitriles is 1. The molecule has 7 rings (SSSR count). The Morgan fingerprint density at radius 3 is 2.18 bits per heavy atom. The van der Waals surface area contributed by atoms with Crippen LogP contribution in [0.2, 0.25) is 5.02 Å². The van der Waals surface area contributed by atoms with Crippen LogP contribution in [0.25, 0.3) is 0 Å². The van der Waals surface area contributed by atoms with Gasteiger partial charge in [0.05, 0.1) is 29.7 Å². The average Bonchev–Trinajstić information content (AvgIpc) is 3.81. The van der Waals surface area contributed by atoms with Crippen molar-refractivity contribution in [1.29, 1.82) is 5.26 Å². The Hall–Kier alpha value is -4.13. The van der Waals surface area contributed by atoms with Crippen LogP contribution in [0.5, 0.6) is 23.0 Å². The number of hydrogen-bond acceptors (Lipinski definition) is 9. The fourth-order valence-corrected chi connectivity index (χ4v) is 8.05. The maximum absolute atomic E-state index is 13.6. The molecular weight excluding hydrogens is 722 g/mol. The number of hydrogen-bond donors (Lipinski definition) is 0. The Balaban J connectivity index is 0.000000178. The molecule has 3 aliphatic rings. The second kappa shape index (κ2) is 14.2. The largest absolute Gasteiger partial charge is 0.457 e. The summed E-state index contributed by atoms with van der Waals surface area (Å²) in [6, 6.07) is 15.3. The number of carbonyl (C=O) groups is 1. The van der Waals surface area contributed by atoms with E-state index in [0.717, 1.165) is 34.7 Å². The van der Waals surface area contributed by atoms with Crippen molar-refractivity contribution in [2.45, 2.75) is 47.0 Å². The second-order valence-electron chi connectivity index (χ2n) is 11.3. The molecular formula is C35H26ClF4NO7S2. The van der Waals surface area contributed by atoms with Crippen LogP contribution in [0.1, 0.15) is 45.5 Å². The van der Waals surface area contributed by atoms with Gasteiger partial charge in [-0.3, -0.25) is 4.79 Å². The third-order valence-electron chi connectivity index (χ3n) is 8.24. The predicted molar refractivity (Wildman–Crippen MR) is 175 cm³/mol. The fourth-order valence-electron chi connectivity index (χ4n) is 6.18. The molecule has 1 fully saturated rings. The van der Waals surface area contributed by atoms with E-state index in [1.165, 1.54) is 36.0 Å². The van der Waals surface area contributed by atoms with Crippen LogP contribution >= 0.6 is 23.4 Å². The number of nitrogens with zero attached hydrogens (tertiary/aromatic N) is 1. The number of rotatable bonds is 7. The number of alkyl halides is 2. The Morgan fingerprint density at radius 1 is 0.900 bits per heavy atom. The molecule has 1 saturated heterocycles. The van der Waals surface area contributed by atoms with Gasteiger partial charge in [0, 0.05) is 57.1 Å². The zero-order valence-electron chi connectivity index (χ0n) is 26.1. The molecule has 0 aromatic heterocycles. The van der Waals surface area contributed by atoms with Crippen LogP contribution in [-0.2, 0) is 37.9 Å². The molecule has 1 aliphatic heterocycles. The van der Waals surface area contributed by atoms with Crippen molar-refractivity contribution in [3.63, 3.8) is 0 Å². The minimum atomic E-state index is -4.90. The molecule has 0 unspecified atom stereocenters. The first-order valence-corrected chi connectivity index (χ1v) is 18.2. The third kappa shape index (κ3) is 6.93. The van der Waals surface area contributed by atoms with E-state index in [9.17, 15) is 30.8 Å². The molecule has 1 spiro atoms. The van der Waals surface area contributed by atoms with E-state index >= 15 is 0 Å². The summed E-state index contributed by atoms with van der Waals surface area (Å²) in [6.45, 7) is 0.413. The molecule has 0 saturated carbocycles. The highest BCUT2D eigenvalue weighted by Gasteiger charge is 2.50. The van der Waals surface area contributed by atoms with E-state index in [1.807, 2.05) is 18.4 Å². The standard InChI is InChI=1S/C18H14ClF3O5S.C17H12FNO2S/c19-10-7-11(20)9-12(8-10)27-14-1-2-15(28(23,24)17(21)22)16-13(14)3-4-18(16)25-5-6-26-18;1-22-16-5-4-15(13-2-3-14(20)17(13)16)21-12-7-10(9-19)6-11(18)8-12/h1-2,7-9,17H,3-6H2;4-8H,2-3H2,1H3. The number of halogens is 5. The molecule has 0 atom stereocenters. The van der Waals surface area contributed by atoms with E-state index in [-0.39, 0.29) is 65.2 Å². The van der Waals surface area contributed by atoms with E-state index < -0.39 is 37.9 Å². The van der Waals surface area contributed by atoms with E-state index in [1.54, 1.807) is 6.07 Å². The summed E-state index contributed by atoms with van der Waals surface area (Å²) < 4.78 is 101. The molecule has 8 nitrogen and oxygen atoms in total. The molecule has 2 aliphatic carbocycles. The highest BCUT2D eigenvalue weighted by atomic mass is 35.5. The Bertz CT molecular complexity index is 2130. The van der Waals surface area contributed by atoms with Crippen LogP contribution in [0, 0.1) is 23.0 Å². The van der Waals surface area contributed by atoms with Crippen molar-refractivity contribution in [1.82, 2.24) is 0 Å². The smallest absolute Gasteiger partial charge is 0.341 e. The molecule has 4 aromatic carbocycles. The zero-order valence-corrected chi connectivity index (χ0v) is 28.5. The molecule has 0 N–H and O–H groups in total. The summed E-state index contributed by atoms with van der Waals surface area (Å²) in [5.41, 5.74) is 2.15. The molecule has 260 valence electrons. The summed E-state index contributed by atoms with van der Waals surface area (Å²) in [7, 11) is -4.90. The predicted octanol–water partition coefficient (Wildman–Crippen LogP) is 8.75. The normalized spacial score (nSPS) is 15.8. The molecule has 1 heterocycles. The number of ketones is 1. The van der Waals surface area contributed by atoms with E-state index in [4.69, 9.17) is 35.8 Å². The maximum Gasteiger partial charge on any atom is 0.341 e. The highest BCUT2D eigenvalue weighted by molar-refractivity contribution is 7.98. The lowest BCUT2D eigenvalue weighted by atomic mass is 10.1. The molecule has 0 amide bonds. The Kier molecular flexibility index (Phi) is 10.2. The first kappa shape index (κ1) is 35.7. The molecule has 4 aromatic rings. The second-order valence-corrected chi connectivity index (χ2v) is 14.5. The van der Waals surface area contributed by atoms with Crippen molar-refractivity contribution >= 4 is 39.0 Å². The van der Waals surface area contributed by atoms with Gasteiger partial charge < -0.3 is 18.9 Å². The van der Waals surface area contributed by atoms with Crippen LogP contribution in [0.15, 0.2) is 70.5 Å². The van der Waals surface area contributed by atoms with E-state index in [2.05, 4.69) is 0 Å². The van der Waals surface area contributed by atoms with Gasteiger partial charge in [-0.25, -0.2) is 17.2 Å². The van der Waals surface area contributed by atoms with Gasteiger partial charge >= 0.3 is 5.76 Å². The third-order valence-corrected chi connectivity index (χ3v) is 10.7. The number of carbonyl (C=O) groups excluding carboxylic acids is 1. The molecule has 15 heteroatoms. The number of ether oxygens (including phenoxy) is 4.